The molecule has 0 spiro atoms. The Bertz CT molecular complexity index is 1200. The van der Waals surface area contributed by atoms with Gasteiger partial charge in [-0.05, 0) is 48.5 Å². The van der Waals surface area contributed by atoms with Crippen LogP contribution in [0.2, 0.25) is 5.02 Å². The van der Waals surface area contributed by atoms with Gasteiger partial charge in [0.1, 0.15) is 11.5 Å². The first-order valence-electron chi connectivity index (χ1n) is 10.3. The lowest BCUT2D eigenvalue weighted by atomic mass is 9.95. The van der Waals surface area contributed by atoms with Gasteiger partial charge in [0.25, 0.3) is 0 Å². The molecule has 2 atom stereocenters. The van der Waals surface area contributed by atoms with Gasteiger partial charge in [-0.1, -0.05) is 23.7 Å². The minimum absolute atomic E-state index is 0.0181. The Morgan fingerprint density at radius 2 is 1.66 bits per heavy atom. The SMILES string of the molecule is COc1ccc(C2=NN3[C@H](C2)c2cc(Cl)ccc2O[C@H]3c2ccccc2OC)cc1OC. The molecule has 0 fully saturated rings. The number of fused-ring (bicyclic) bond motifs is 3. The lowest BCUT2D eigenvalue weighted by Gasteiger charge is -2.38. The van der Waals surface area contributed by atoms with Gasteiger partial charge in [-0.2, -0.15) is 5.10 Å². The van der Waals surface area contributed by atoms with Gasteiger partial charge in [0.2, 0.25) is 6.23 Å². The van der Waals surface area contributed by atoms with Crippen LogP contribution in [0, 0.1) is 0 Å². The zero-order valence-electron chi connectivity index (χ0n) is 18.0. The molecule has 0 saturated heterocycles. The number of benzene rings is 3. The van der Waals surface area contributed by atoms with E-state index in [0.29, 0.717) is 22.9 Å². The number of methoxy groups -OCH3 is 3. The highest BCUT2D eigenvalue weighted by atomic mass is 35.5. The average molecular weight is 451 g/mol. The fourth-order valence-corrected chi connectivity index (χ4v) is 4.50. The van der Waals surface area contributed by atoms with E-state index in [4.69, 9.17) is 35.6 Å². The van der Waals surface area contributed by atoms with Crippen molar-refractivity contribution in [2.24, 2.45) is 5.10 Å². The Morgan fingerprint density at radius 1 is 0.875 bits per heavy atom. The molecule has 0 amide bonds. The Hall–Kier alpha value is -3.38. The summed E-state index contributed by atoms with van der Waals surface area (Å²) in [7, 11) is 4.92. The molecule has 164 valence electrons. The fourth-order valence-electron chi connectivity index (χ4n) is 4.32. The van der Waals surface area contributed by atoms with Crippen molar-refractivity contribution in [1.29, 1.82) is 0 Å². The molecule has 0 aliphatic carbocycles. The number of halogens is 1. The summed E-state index contributed by atoms with van der Waals surface area (Å²) < 4.78 is 22.9. The minimum Gasteiger partial charge on any atom is -0.496 e. The molecule has 2 aliphatic heterocycles. The van der Waals surface area contributed by atoms with Crippen molar-refractivity contribution in [3.05, 3.63) is 82.4 Å². The Kier molecular flexibility index (Phi) is 5.31. The van der Waals surface area contributed by atoms with Gasteiger partial charge in [-0.25, -0.2) is 5.01 Å². The molecule has 2 heterocycles. The highest BCUT2D eigenvalue weighted by Crippen LogP contribution is 2.49. The molecule has 7 heteroatoms. The highest BCUT2D eigenvalue weighted by Gasteiger charge is 2.42. The second-order valence-electron chi connectivity index (χ2n) is 7.61. The molecule has 0 N–H and O–H groups in total. The molecular weight excluding hydrogens is 428 g/mol. The van der Waals surface area contributed by atoms with Crippen LogP contribution in [0.25, 0.3) is 0 Å². The van der Waals surface area contributed by atoms with Crippen LogP contribution in [0.15, 0.2) is 65.8 Å². The first-order valence-corrected chi connectivity index (χ1v) is 10.7. The van der Waals surface area contributed by atoms with Crippen LogP contribution in [-0.4, -0.2) is 32.0 Å². The van der Waals surface area contributed by atoms with Gasteiger partial charge in [-0.15, -0.1) is 0 Å². The van der Waals surface area contributed by atoms with E-state index in [2.05, 4.69) is 0 Å². The van der Waals surface area contributed by atoms with Gasteiger partial charge < -0.3 is 18.9 Å². The van der Waals surface area contributed by atoms with Crippen molar-refractivity contribution >= 4 is 17.3 Å². The number of hydrogen-bond donors (Lipinski definition) is 0. The quantitative estimate of drug-likeness (QED) is 0.505. The summed E-state index contributed by atoms with van der Waals surface area (Å²) in [5.74, 6) is 2.90. The van der Waals surface area contributed by atoms with Crippen molar-refractivity contribution in [3.8, 4) is 23.0 Å². The third-order valence-corrected chi connectivity index (χ3v) is 6.11. The first-order chi connectivity index (χ1) is 15.6. The second kappa shape index (κ2) is 8.28. The maximum Gasteiger partial charge on any atom is 0.217 e. The summed E-state index contributed by atoms with van der Waals surface area (Å²) in [4.78, 5) is 0. The van der Waals surface area contributed by atoms with Crippen molar-refractivity contribution in [3.63, 3.8) is 0 Å². The van der Waals surface area contributed by atoms with Crippen molar-refractivity contribution in [1.82, 2.24) is 5.01 Å². The molecular formula is C25H23ClN2O4. The smallest absolute Gasteiger partial charge is 0.217 e. The highest BCUT2D eigenvalue weighted by molar-refractivity contribution is 6.30. The molecule has 5 rings (SSSR count). The summed E-state index contributed by atoms with van der Waals surface area (Å²) in [5, 5.41) is 7.67. The average Bonchev–Trinajstić information content (AvgIpc) is 3.29. The van der Waals surface area contributed by atoms with Crippen molar-refractivity contribution in [2.75, 3.05) is 21.3 Å². The van der Waals surface area contributed by atoms with E-state index in [1.54, 1.807) is 21.3 Å². The lowest BCUT2D eigenvalue weighted by Crippen LogP contribution is -2.33. The van der Waals surface area contributed by atoms with Crippen LogP contribution >= 0.6 is 11.6 Å². The number of rotatable bonds is 5. The predicted molar refractivity (Wildman–Crippen MR) is 123 cm³/mol. The van der Waals surface area contributed by atoms with Crippen LogP contribution in [0.4, 0.5) is 0 Å². The summed E-state index contributed by atoms with van der Waals surface area (Å²) in [6, 6.07) is 19.4. The number of hydrogen-bond acceptors (Lipinski definition) is 6. The number of para-hydroxylation sites is 1. The van der Waals surface area contributed by atoms with Gasteiger partial charge in [0.15, 0.2) is 11.5 Å². The van der Waals surface area contributed by atoms with Crippen LogP contribution in [0.5, 0.6) is 23.0 Å². The van der Waals surface area contributed by atoms with Crippen LogP contribution in [0.1, 0.15) is 35.4 Å². The molecule has 0 bridgehead atoms. The van der Waals surface area contributed by atoms with Crippen LogP contribution < -0.4 is 18.9 Å². The van der Waals surface area contributed by atoms with Crippen molar-refractivity contribution in [2.45, 2.75) is 18.7 Å². The molecule has 3 aromatic carbocycles. The summed E-state index contributed by atoms with van der Waals surface area (Å²) in [5.41, 5.74) is 3.84. The van der Waals surface area contributed by atoms with E-state index in [1.165, 1.54) is 0 Å². The van der Waals surface area contributed by atoms with Gasteiger partial charge in [0, 0.05) is 22.6 Å². The van der Waals surface area contributed by atoms with Gasteiger partial charge in [-0.3, -0.25) is 0 Å². The number of hydrazone groups is 1. The lowest BCUT2D eigenvalue weighted by molar-refractivity contribution is -0.0203. The molecule has 32 heavy (non-hydrogen) atoms. The third-order valence-electron chi connectivity index (χ3n) is 5.87. The summed E-state index contributed by atoms with van der Waals surface area (Å²) in [6.45, 7) is 0. The normalized spacial score (nSPS) is 18.9. The first kappa shape index (κ1) is 20.5. The molecule has 0 aromatic heterocycles. The van der Waals surface area contributed by atoms with Gasteiger partial charge in [0.05, 0.1) is 38.6 Å². The van der Waals surface area contributed by atoms with E-state index in [9.17, 15) is 0 Å². The maximum absolute atomic E-state index is 6.43. The molecule has 3 aromatic rings. The zero-order chi connectivity index (χ0) is 22.2. The third kappa shape index (κ3) is 3.41. The summed E-state index contributed by atoms with van der Waals surface area (Å²) in [6.07, 6.45) is 0.278. The van der Waals surface area contributed by atoms with E-state index in [0.717, 1.165) is 33.9 Å². The van der Waals surface area contributed by atoms with E-state index in [-0.39, 0.29) is 6.04 Å². The number of nitrogens with zero attached hydrogens (tertiary/aromatic N) is 2. The predicted octanol–water partition coefficient (Wildman–Crippen LogP) is 5.61. The minimum atomic E-state index is -0.428. The Labute approximate surface area is 191 Å². The molecule has 0 radical (unpaired) electrons. The summed E-state index contributed by atoms with van der Waals surface area (Å²) >= 11 is 6.33. The number of ether oxygens (including phenoxy) is 4. The van der Waals surface area contributed by atoms with Crippen LogP contribution in [0.3, 0.4) is 0 Å². The molecule has 0 unspecified atom stereocenters. The topological polar surface area (TPSA) is 52.5 Å². The van der Waals surface area contributed by atoms with Gasteiger partial charge >= 0.3 is 0 Å². The van der Waals surface area contributed by atoms with E-state index >= 15 is 0 Å². The van der Waals surface area contributed by atoms with Crippen LogP contribution in [-0.2, 0) is 0 Å². The molecule has 2 aliphatic rings. The van der Waals surface area contributed by atoms with Crippen molar-refractivity contribution < 1.29 is 18.9 Å². The maximum atomic E-state index is 6.43. The van der Waals surface area contributed by atoms with E-state index in [1.807, 2.05) is 65.7 Å². The molecule has 0 saturated carbocycles. The standard InChI is InChI=1S/C25H23ClN2O4/c1-29-21-7-5-4-6-17(21)25-28-20(18-13-16(26)9-11-22(18)32-25)14-19(27-28)15-8-10-23(30-2)24(12-15)31-3/h4-13,20,25H,14H2,1-3H3/t20-,25+/m1/s1. The largest absolute Gasteiger partial charge is 0.496 e. The van der Waals surface area contributed by atoms with E-state index < -0.39 is 6.23 Å². The monoisotopic (exact) mass is 450 g/mol. The Morgan fingerprint density at radius 3 is 2.44 bits per heavy atom. The zero-order valence-corrected chi connectivity index (χ0v) is 18.8. The second-order valence-corrected chi connectivity index (χ2v) is 8.05. The molecule has 6 nitrogen and oxygen atoms in total. The Balaban J connectivity index is 1.61. The fraction of sp³-hybridized carbons (Fsp3) is 0.240.